The highest BCUT2D eigenvalue weighted by molar-refractivity contribution is 6.46. The number of carbonyl (C=O) groups is 3. The van der Waals surface area contributed by atoms with Gasteiger partial charge in [-0.15, -0.1) is 0 Å². The number of rotatable bonds is 7. The van der Waals surface area contributed by atoms with Crippen LogP contribution in [0.3, 0.4) is 0 Å². The highest BCUT2D eigenvalue weighted by atomic mass is 19.1. The van der Waals surface area contributed by atoms with Gasteiger partial charge in [0.1, 0.15) is 17.3 Å². The van der Waals surface area contributed by atoms with Gasteiger partial charge in [0.05, 0.1) is 25.1 Å². The first-order valence-corrected chi connectivity index (χ1v) is 11.0. The van der Waals surface area contributed by atoms with Crippen LogP contribution in [0.25, 0.3) is 5.76 Å². The van der Waals surface area contributed by atoms with Crippen molar-refractivity contribution in [2.24, 2.45) is 0 Å². The number of nitrogens with one attached hydrogen (secondary N) is 1. The lowest BCUT2D eigenvalue weighted by Crippen LogP contribution is -2.31. The van der Waals surface area contributed by atoms with Gasteiger partial charge in [-0.05, 0) is 43.5 Å². The number of imidazole rings is 1. The van der Waals surface area contributed by atoms with Crippen LogP contribution in [0.2, 0.25) is 0 Å². The van der Waals surface area contributed by atoms with Gasteiger partial charge in [-0.3, -0.25) is 9.59 Å². The number of aliphatic hydroxyl groups excluding tert-OH is 1. The fourth-order valence-corrected chi connectivity index (χ4v) is 4.49. The van der Waals surface area contributed by atoms with Crippen LogP contribution in [0.5, 0.6) is 0 Å². The number of aliphatic hydroxyl groups is 1. The molecule has 182 valence electrons. The first-order valence-electron chi connectivity index (χ1n) is 11.0. The van der Waals surface area contributed by atoms with Crippen molar-refractivity contribution in [3.8, 4) is 0 Å². The Hall–Kier alpha value is -4.21. The average molecular weight is 480 g/mol. The molecule has 2 aromatic heterocycles. The molecule has 1 aromatic carbocycles. The molecular formula is C25H25FN4O5. The number of aromatic nitrogens is 3. The second-order valence-corrected chi connectivity index (χ2v) is 8.31. The number of ketones is 1. The number of nitrogens with zero attached hydrogens (tertiary/aromatic N) is 3. The third-order valence-corrected chi connectivity index (χ3v) is 6.16. The van der Waals surface area contributed by atoms with E-state index in [9.17, 15) is 23.9 Å². The Labute approximate surface area is 200 Å². The summed E-state index contributed by atoms with van der Waals surface area (Å²) in [6.07, 6.45) is 5.62. The second kappa shape index (κ2) is 9.57. The summed E-state index contributed by atoms with van der Waals surface area (Å²) in [7, 11) is 1.24. The number of ether oxygens (including phenoxy) is 1. The molecular weight excluding hydrogens is 455 g/mol. The Morgan fingerprint density at radius 2 is 1.91 bits per heavy atom. The number of aryl methyl sites for hydroxylation is 2. The van der Waals surface area contributed by atoms with Crippen LogP contribution < -0.4 is 0 Å². The summed E-state index contributed by atoms with van der Waals surface area (Å²) in [5.41, 5.74) is 1.56. The van der Waals surface area contributed by atoms with Crippen molar-refractivity contribution < 1.29 is 28.6 Å². The minimum Gasteiger partial charge on any atom is -0.507 e. The molecule has 1 amide bonds. The number of Topliss-reactive ketones (excluding diaryl/α,β-unsaturated/α-hetero) is 1. The smallest absolute Gasteiger partial charge is 0.354 e. The van der Waals surface area contributed by atoms with Crippen molar-refractivity contribution in [2.75, 3.05) is 13.7 Å². The molecule has 0 saturated carbocycles. The largest absolute Gasteiger partial charge is 0.507 e. The average Bonchev–Trinajstić information content (AvgIpc) is 3.52. The second-order valence-electron chi connectivity index (χ2n) is 8.31. The molecule has 35 heavy (non-hydrogen) atoms. The number of halogens is 1. The molecule has 0 radical (unpaired) electrons. The number of esters is 1. The molecule has 9 nitrogen and oxygen atoms in total. The summed E-state index contributed by atoms with van der Waals surface area (Å²) in [5, 5.41) is 11.3. The number of likely N-dealkylation sites (tertiary alicyclic amines) is 1. The minimum absolute atomic E-state index is 0.120. The standard InChI is InChI=1S/C25H25FN4O5/c1-14-18(15(2)28-20(14)25(34)35-3)22(31)19-21(16-5-7-17(26)8-6-16)30(24(33)23(19)32)11-4-10-29-12-9-27-13-29/h5-9,12-13,21,28,31H,4,10-11H2,1-3H3/t21-/m0/s1. The van der Waals surface area contributed by atoms with Crippen LogP contribution >= 0.6 is 0 Å². The molecule has 1 fully saturated rings. The third kappa shape index (κ3) is 4.34. The highest BCUT2D eigenvalue weighted by Crippen LogP contribution is 2.41. The third-order valence-electron chi connectivity index (χ3n) is 6.16. The van der Waals surface area contributed by atoms with Gasteiger partial charge in [-0.25, -0.2) is 14.2 Å². The van der Waals surface area contributed by atoms with Crippen LogP contribution in [0, 0.1) is 19.7 Å². The van der Waals surface area contributed by atoms with Crippen molar-refractivity contribution >= 4 is 23.4 Å². The van der Waals surface area contributed by atoms with E-state index in [1.54, 1.807) is 32.6 Å². The van der Waals surface area contributed by atoms with E-state index >= 15 is 0 Å². The summed E-state index contributed by atoms with van der Waals surface area (Å²) in [4.78, 5) is 46.7. The fraction of sp³-hybridized carbons (Fsp3) is 0.280. The molecule has 1 atom stereocenters. The summed E-state index contributed by atoms with van der Waals surface area (Å²) < 4.78 is 20.3. The van der Waals surface area contributed by atoms with Crippen LogP contribution in [-0.4, -0.2) is 55.9 Å². The topological polar surface area (TPSA) is 118 Å². The van der Waals surface area contributed by atoms with Gasteiger partial charge in [0.2, 0.25) is 0 Å². The summed E-state index contributed by atoms with van der Waals surface area (Å²) in [5.74, 6) is -3.11. The maximum absolute atomic E-state index is 13.7. The molecule has 2 N–H and O–H groups in total. The summed E-state index contributed by atoms with van der Waals surface area (Å²) in [6, 6.07) is 4.53. The van der Waals surface area contributed by atoms with Gasteiger partial charge >= 0.3 is 5.97 Å². The number of amides is 1. The Balaban J connectivity index is 1.79. The van der Waals surface area contributed by atoms with Crippen LogP contribution in [0.4, 0.5) is 4.39 Å². The minimum atomic E-state index is -0.923. The normalized spacial score (nSPS) is 17.3. The molecule has 0 unspecified atom stereocenters. The van der Waals surface area contributed by atoms with Gasteiger partial charge in [-0.1, -0.05) is 12.1 Å². The van der Waals surface area contributed by atoms with Gasteiger partial charge in [-0.2, -0.15) is 0 Å². The van der Waals surface area contributed by atoms with E-state index in [0.717, 1.165) is 0 Å². The Morgan fingerprint density at radius 3 is 2.54 bits per heavy atom. The summed E-state index contributed by atoms with van der Waals surface area (Å²) in [6.45, 7) is 4.04. The Kier molecular flexibility index (Phi) is 6.54. The van der Waals surface area contributed by atoms with E-state index in [4.69, 9.17) is 4.74 Å². The highest BCUT2D eigenvalue weighted by Gasteiger charge is 2.46. The van der Waals surface area contributed by atoms with Crippen molar-refractivity contribution in [3.05, 3.63) is 82.5 Å². The molecule has 0 spiro atoms. The van der Waals surface area contributed by atoms with E-state index < -0.39 is 35.3 Å². The maximum Gasteiger partial charge on any atom is 0.354 e. The molecule has 0 aliphatic carbocycles. The lowest BCUT2D eigenvalue weighted by molar-refractivity contribution is -0.139. The molecule has 3 heterocycles. The zero-order valence-corrected chi connectivity index (χ0v) is 19.5. The van der Waals surface area contributed by atoms with Crippen LogP contribution in [0.15, 0.2) is 48.6 Å². The number of H-pyrrole nitrogens is 1. The van der Waals surface area contributed by atoms with E-state index in [0.29, 0.717) is 29.8 Å². The molecule has 3 aromatic rings. The van der Waals surface area contributed by atoms with E-state index in [1.807, 2.05) is 4.57 Å². The first kappa shape index (κ1) is 23.9. The van der Waals surface area contributed by atoms with E-state index in [2.05, 4.69) is 9.97 Å². The number of carbonyl (C=O) groups excluding carboxylic acids is 3. The van der Waals surface area contributed by atoms with Crippen molar-refractivity contribution in [1.29, 1.82) is 0 Å². The molecule has 4 rings (SSSR count). The van der Waals surface area contributed by atoms with Gasteiger partial charge < -0.3 is 24.3 Å². The van der Waals surface area contributed by atoms with Gasteiger partial charge in [0.15, 0.2) is 0 Å². The fourth-order valence-electron chi connectivity index (χ4n) is 4.49. The monoisotopic (exact) mass is 480 g/mol. The Bertz CT molecular complexity index is 1310. The van der Waals surface area contributed by atoms with E-state index in [1.165, 1.54) is 36.3 Å². The number of hydrogen-bond donors (Lipinski definition) is 2. The molecule has 1 aliphatic rings. The van der Waals surface area contributed by atoms with Crippen molar-refractivity contribution in [1.82, 2.24) is 19.4 Å². The first-order chi connectivity index (χ1) is 16.7. The lowest BCUT2D eigenvalue weighted by atomic mass is 9.94. The predicted molar refractivity (Wildman–Crippen MR) is 124 cm³/mol. The van der Waals surface area contributed by atoms with Crippen molar-refractivity contribution in [3.63, 3.8) is 0 Å². The molecule has 0 bridgehead atoms. The number of hydrogen-bond acceptors (Lipinski definition) is 6. The lowest BCUT2D eigenvalue weighted by Gasteiger charge is -2.25. The zero-order valence-electron chi connectivity index (χ0n) is 19.5. The van der Waals surface area contributed by atoms with Crippen molar-refractivity contribution in [2.45, 2.75) is 32.9 Å². The SMILES string of the molecule is COC(=O)c1[nH]c(C)c(C(O)=C2C(=O)C(=O)N(CCCn3ccnc3)[C@H]2c2ccc(F)cc2)c1C. The van der Waals surface area contributed by atoms with Crippen LogP contribution in [0.1, 0.15) is 45.3 Å². The van der Waals surface area contributed by atoms with Gasteiger partial charge in [0, 0.05) is 36.7 Å². The maximum atomic E-state index is 13.7. The molecule has 10 heteroatoms. The number of benzene rings is 1. The number of methoxy groups -OCH3 is 1. The van der Waals surface area contributed by atoms with E-state index in [-0.39, 0.29) is 23.4 Å². The predicted octanol–water partition coefficient (Wildman–Crippen LogP) is 3.27. The quantitative estimate of drug-likeness (QED) is 0.232. The Morgan fingerprint density at radius 1 is 1.20 bits per heavy atom. The number of aromatic amines is 1. The van der Waals surface area contributed by atoms with Crippen LogP contribution in [-0.2, 0) is 20.9 Å². The van der Waals surface area contributed by atoms with Gasteiger partial charge in [0.25, 0.3) is 11.7 Å². The molecule has 1 saturated heterocycles. The molecule has 1 aliphatic heterocycles. The zero-order chi connectivity index (χ0) is 25.3. The summed E-state index contributed by atoms with van der Waals surface area (Å²) >= 11 is 0.